The van der Waals surface area contributed by atoms with Gasteiger partial charge in [0.2, 0.25) is 10.0 Å². The second-order valence-electron chi connectivity index (χ2n) is 4.33. The number of nitrogens with zero attached hydrogens (tertiary/aromatic N) is 2. The minimum Gasteiger partial charge on any atom is -0.481 e. The molecule has 0 aliphatic rings. The van der Waals surface area contributed by atoms with Gasteiger partial charge in [0.1, 0.15) is 22.0 Å². The van der Waals surface area contributed by atoms with Crippen LogP contribution in [0.5, 0.6) is 0 Å². The van der Waals surface area contributed by atoms with Crippen molar-refractivity contribution in [3.63, 3.8) is 0 Å². The maximum absolute atomic E-state index is 12.3. The van der Waals surface area contributed by atoms with Gasteiger partial charge in [0.25, 0.3) is 0 Å². The molecule has 0 spiro atoms. The molecule has 1 heterocycles. The van der Waals surface area contributed by atoms with E-state index in [0.717, 1.165) is 11.7 Å². The fourth-order valence-corrected chi connectivity index (χ4v) is 3.74. The van der Waals surface area contributed by atoms with Crippen LogP contribution < -0.4 is 4.72 Å². The normalized spacial score (nSPS) is 13.1. The Morgan fingerprint density at radius 1 is 1.27 bits per heavy atom. The molecule has 22 heavy (non-hydrogen) atoms. The third-order valence-electron chi connectivity index (χ3n) is 2.78. The first-order valence-corrected chi connectivity index (χ1v) is 8.21. The molecule has 0 aliphatic carbocycles. The van der Waals surface area contributed by atoms with E-state index in [-0.39, 0.29) is 16.8 Å². The molecule has 0 saturated carbocycles. The minimum atomic E-state index is -4.17. The van der Waals surface area contributed by atoms with E-state index in [1.54, 1.807) is 6.07 Å². The minimum absolute atomic E-state index is 0.141. The molecule has 0 radical (unpaired) electrons. The lowest BCUT2D eigenvalue weighted by molar-refractivity contribution is -0.140. The molecule has 9 nitrogen and oxygen atoms in total. The van der Waals surface area contributed by atoms with E-state index >= 15 is 0 Å². The number of benzene rings is 1. The number of rotatable bonds is 7. The molecule has 0 unspecified atom stereocenters. The van der Waals surface area contributed by atoms with Crippen molar-refractivity contribution in [3.8, 4) is 0 Å². The lowest BCUT2D eigenvalue weighted by Gasteiger charge is -2.14. The van der Waals surface area contributed by atoms with Gasteiger partial charge in [-0.25, -0.2) is 8.42 Å². The maximum Gasteiger partial charge on any atom is 0.321 e. The van der Waals surface area contributed by atoms with Crippen LogP contribution in [0.2, 0.25) is 0 Å². The standard InChI is InChI=1S/C11H11N3O6S2/c15-9(16)5-4-7(11(17)18)14-22(19,20)8-3-1-2-6-10(8)13-21-12-6/h1-3,7,14H,4-5H2,(H,15,16)(H,17,18)/t7-/m1/s1. The van der Waals surface area contributed by atoms with Crippen LogP contribution in [0, 0.1) is 0 Å². The Morgan fingerprint density at radius 2 is 2.00 bits per heavy atom. The molecule has 0 saturated heterocycles. The van der Waals surface area contributed by atoms with Crippen LogP contribution in [0.15, 0.2) is 23.1 Å². The van der Waals surface area contributed by atoms with Gasteiger partial charge in [-0.2, -0.15) is 13.5 Å². The van der Waals surface area contributed by atoms with Crippen LogP contribution >= 0.6 is 11.7 Å². The number of sulfonamides is 1. The summed E-state index contributed by atoms with van der Waals surface area (Å²) in [6.07, 6.45) is -0.836. The summed E-state index contributed by atoms with van der Waals surface area (Å²) in [5.41, 5.74) is 0.521. The lowest BCUT2D eigenvalue weighted by atomic mass is 10.2. The Balaban J connectivity index is 2.31. The number of carboxylic acids is 2. The zero-order chi connectivity index (χ0) is 16.3. The SMILES string of the molecule is O=C(O)CC[C@@H](NS(=O)(=O)c1cccc2nsnc12)C(=O)O. The summed E-state index contributed by atoms with van der Waals surface area (Å²) in [6, 6.07) is 2.78. The summed E-state index contributed by atoms with van der Waals surface area (Å²) in [6.45, 7) is 0. The number of aliphatic carboxylic acids is 2. The van der Waals surface area contributed by atoms with E-state index < -0.39 is 34.4 Å². The van der Waals surface area contributed by atoms with E-state index in [1.165, 1.54) is 12.1 Å². The Labute approximate surface area is 129 Å². The highest BCUT2D eigenvalue weighted by Gasteiger charge is 2.27. The fraction of sp³-hybridized carbons (Fsp3) is 0.273. The third kappa shape index (κ3) is 3.55. The Morgan fingerprint density at radius 3 is 2.64 bits per heavy atom. The second-order valence-corrected chi connectivity index (χ2v) is 6.54. The molecule has 0 aliphatic heterocycles. The predicted molar refractivity (Wildman–Crippen MR) is 76.0 cm³/mol. The molecule has 11 heteroatoms. The number of aromatic nitrogens is 2. The van der Waals surface area contributed by atoms with E-state index in [0.29, 0.717) is 5.52 Å². The quantitative estimate of drug-likeness (QED) is 0.648. The number of carboxylic acid groups (broad SMARTS) is 2. The van der Waals surface area contributed by atoms with Gasteiger partial charge < -0.3 is 10.2 Å². The van der Waals surface area contributed by atoms with Crippen molar-refractivity contribution in [2.75, 3.05) is 0 Å². The average molecular weight is 345 g/mol. The van der Waals surface area contributed by atoms with Crippen LogP contribution in [0.1, 0.15) is 12.8 Å². The molecule has 1 aromatic carbocycles. The largest absolute Gasteiger partial charge is 0.481 e. The highest BCUT2D eigenvalue weighted by atomic mass is 32.2. The summed E-state index contributed by atoms with van der Waals surface area (Å²) in [5.74, 6) is -2.66. The first-order chi connectivity index (χ1) is 10.3. The number of hydrogen-bond acceptors (Lipinski definition) is 7. The Hall–Kier alpha value is -2.11. The highest BCUT2D eigenvalue weighted by Crippen LogP contribution is 2.21. The molecule has 0 bridgehead atoms. The third-order valence-corrected chi connectivity index (χ3v) is 4.83. The number of nitrogens with one attached hydrogen (secondary N) is 1. The van der Waals surface area contributed by atoms with E-state index in [2.05, 4.69) is 8.75 Å². The van der Waals surface area contributed by atoms with Gasteiger partial charge in [-0.3, -0.25) is 9.59 Å². The maximum atomic E-state index is 12.3. The summed E-state index contributed by atoms with van der Waals surface area (Å²) in [5, 5.41) is 17.6. The van der Waals surface area contributed by atoms with Crippen LogP contribution in [0.4, 0.5) is 0 Å². The summed E-state index contributed by atoms with van der Waals surface area (Å²) in [7, 11) is -4.17. The van der Waals surface area contributed by atoms with Gasteiger partial charge in [-0.15, -0.1) is 0 Å². The number of carbonyl (C=O) groups is 2. The lowest BCUT2D eigenvalue weighted by Crippen LogP contribution is -2.41. The van der Waals surface area contributed by atoms with Gasteiger partial charge in [-0.05, 0) is 18.6 Å². The zero-order valence-corrected chi connectivity index (χ0v) is 12.6. The molecule has 118 valence electrons. The Bertz CT molecular complexity index is 816. The van der Waals surface area contributed by atoms with Crippen molar-refractivity contribution in [1.82, 2.24) is 13.5 Å². The van der Waals surface area contributed by atoms with Gasteiger partial charge in [0.15, 0.2) is 0 Å². The van der Waals surface area contributed by atoms with E-state index in [4.69, 9.17) is 10.2 Å². The summed E-state index contributed by atoms with van der Waals surface area (Å²) >= 11 is 0.836. The molecule has 2 rings (SSSR count). The predicted octanol–water partition coefficient (Wildman–Crippen LogP) is 0.288. The van der Waals surface area contributed by atoms with E-state index in [9.17, 15) is 18.0 Å². The monoisotopic (exact) mass is 345 g/mol. The molecule has 1 atom stereocenters. The van der Waals surface area contributed by atoms with Crippen molar-refractivity contribution in [2.45, 2.75) is 23.8 Å². The van der Waals surface area contributed by atoms with Crippen LogP contribution in [-0.4, -0.2) is 45.4 Å². The van der Waals surface area contributed by atoms with Gasteiger partial charge in [-0.1, -0.05) is 6.07 Å². The van der Waals surface area contributed by atoms with Crippen molar-refractivity contribution < 1.29 is 28.2 Å². The molecule has 3 N–H and O–H groups in total. The van der Waals surface area contributed by atoms with Gasteiger partial charge >= 0.3 is 11.9 Å². The van der Waals surface area contributed by atoms with Crippen molar-refractivity contribution >= 4 is 44.7 Å². The van der Waals surface area contributed by atoms with Crippen LogP contribution in [0.25, 0.3) is 11.0 Å². The fourth-order valence-electron chi connectivity index (χ4n) is 1.75. The summed E-state index contributed by atoms with van der Waals surface area (Å²) < 4.78 is 34.4. The van der Waals surface area contributed by atoms with Gasteiger partial charge in [0, 0.05) is 6.42 Å². The molecule has 2 aromatic rings. The number of hydrogen-bond donors (Lipinski definition) is 3. The van der Waals surface area contributed by atoms with Crippen molar-refractivity contribution in [2.24, 2.45) is 0 Å². The van der Waals surface area contributed by atoms with E-state index in [1.807, 2.05) is 4.72 Å². The molecular formula is C11H11N3O6S2. The highest BCUT2D eigenvalue weighted by molar-refractivity contribution is 7.89. The first kappa shape index (κ1) is 16.3. The topological polar surface area (TPSA) is 147 Å². The first-order valence-electron chi connectivity index (χ1n) is 5.99. The Kier molecular flexibility index (Phi) is 4.68. The van der Waals surface area contributed by atoms with Crippen molar-refractivity contribution in [1.29, 1.82) is 0 Å². The summed E-state index contributed by atoms with van der Waals surface area (Å²) in [4.78, 5) is 21.4. The molecule has 0 amide bonds. The van der Waals surface area contributed by atoms with Crippen LogP contribution in [-0.2, 0) is 19.6 Å². The molecule has 1 aromatic heterocycles. The average Bonchev–Trinajstić information content (AvgIpc) is 2.90. The number of fused-ring (bicyclic) bond motifs is 1. The molecular weight excluding hydrogens is 334 g/mol. The molecule has 0 fully saturated rings. The second kappa shape index (κ2) is 6.34. The smallest absolute Gasteiger partial charge is 0.321 e. The van der Waals surface area contributed by atoms with Crippen molar-refractivity contribution in [3.05, 3.63) is 18.2 Å². The zero-order valence-electron chi connectivity index (χ0n) is 11.0. The van der Waals surface area contributed by atoms with Crippen LogP contribution in [0.3, 0.4) is 0 Å². The van der Waals surface area contributed by atoms with Gasteiger partial charge in [0.05, 0.1) is 11.7 Å².